The minimum absolute atomic E-state index is 0.229. The van der Waals surface area contributed by atoms with E-state index < -0.39 is 10.0 Å². The van der Waals surface area contributed by atoms with Crippen molar-refractivity contribution < 1.29 is 17.9 Å². The number of nitrogens with one attached hydrogen (secondary N) is 1. The van der Waals surface area contributed by atoms with Crippen LogP contribution in [0.1, 0.15) is 32.6 Å². The fourth-order valence-electron chi connectivity index (χ4n) is 3.57. The molecule has 0 spiro atoms. The highest BCUT2D eigenvalue weighted by atomic mass is 32.2. The van der Waals surface area contributed by atoms with E-state index in [1.807, 2.05) is 57.2 Å². The van der Waals surface area contributed by atoms with Gasteiger partial charge in [0.05, 0.1) is 25.0 Å². The van der Waals surface area contributed by atoms with E-state index in [-0.39, 0.29) is 12.5 Å². The summed E-state index contributed by atoms with van der Waals surface area (Å²) in [4.78, 5) is 12.5. The van der Waals surface area contributed by atoms with Crippen LogP contribution in [0.5, 0.6) is 5.75 Å². The molecule has 0 unspecified atom stereocenters. The standard InChI is InChI=1S/C26H30N2O4S/c1-19-15-20(2)17-25(16-19)32-14-13-27-26(29)22-9-11-24(12-10-22)28(33(4,30)31)18-23-8-6-5-7-21(23)3/h5-12,15-17H,13-14,18H2,1-4H3,(H,27,29). The van der Waals surface area contributed by atoms with Crippen LogP contribution in [0, 0.1) is 20.8 Å². The molecule has 3 aromatic carbocycles. The first kappa shape index (κ1) is 24.3. The molecule has 6 nitrogen and oxygen atoms in total. The number of amides is 1. The van der Waals surface area contributed by atoms with Gasteiger partial charge in [0.2, 0.25) is 10.0 Å². The van der Waals surface area contributed by atoms with Gasteiger partial charge in [0.1, 0.15) is 12.4 Å². The summed E-state index contributed by atoms with van der Waals surface area (Å²) < 4.78 is 31.9. The second kappa shape index (κ2) is 10.5. The molecule has 3 aromatic rings. The molecule has 0 radical (unpaired) electrons. The molecule has 0 aliphatic heterocycles. The molecule has 0 aliphatic rings. The van der Waals surface area contributed by atoms with Crippen molar-refractivity contribution in [1.82, 2.24) is 5.32 Å². The van der Waals surface area contributed by atoms with Gasteiger partial charge in [-0.05, 0) is 79.4 Å². The largest absolute Gasteiger partial charge is 0.492 e. The van der Waals surface area contributed by atoms with Crippen molar-refractivity contribution in [3.8, 4) is 5.75 Å². The third kappa shape index (κ3) is 6.83. The van der Waals surface area contributed by atoms with Crippen molar-refractivity contribution >= 4 is 21.6 Å². The van der Waals surface area contributed by atoms with E-state index >= 15 is 0 Å². The van der Waals surface area contributed by atoms with Crippen LogP contribution in [0.3, 0.4) is 0 Å². The number of hydrogen-bond acceptors (Lipinski definition) is 4. The van der Waals surface area contributed by atoms with Gasteiger partial charge < -0.3 is 10.1 Å². The third-order valence-electron chi connectivity index (χ3n) is 5.24. The summed E-state index contributed by atoms with van der Waals surface area (Å²) in [7, 11) is -3.50. The first-order valence-electron chi connectivity index (χ1n) is 10.7. The number of carbonyl (C=O) groups is 1. The van der Waals surface area contributed by atoms with Crippen molar-refractivity contribution in [1.29, 1.82) is 0 Å². The first-order valence-corrected chi connectivity index (χ1v) is 12.6. The van der Waals surface area contributed by atoms with Gasteiger partial charge in [-0.15, -0.1) is 0 Å². The lowest BCUT2D eigenvalue weighted by Crippen LogP contribution is -2.30. The number of sulfonamides is 1. The zero-order chi connectivity index (χ0) is 24.0. The topological polar surface area (TPSA) is 75.7 Å². The zero-order valence-corrected chi connectivity index (χ0v) is 20.3. The van der Waals surface area contributed by atoms with Gasteiger partial charge in [-0.25, -0.2) is 8.42 Å². The molecule has 0 aliphatic carbocycles. The van der Waals surface area contributed by atoms with E-state index in [2.05, 4.69) is 11.4 Å². The zero-order valence-electron chi connectivity index (χ0n) is 19.5. The monoisotopic (exact) mass is 466 g/mol. The highest BCUT2D eigenvalue weighted by Gasteiger charge is 2.19. The Morgan fingerprint density at radius 2 is 1.58 bits per heavy atom. The first-order chi connectivity index (χ1) is 15.6. The second-order valence-electron chi connectivity index (χ2n) is 8.17. The Labute approximate surface area is 196 Å². The highest BCUT2D eigenvalue weighted by molar-refractivity contribution is 7.92. The van der Waals surface area contributed by atoms with Gasteiger partial charge in [-0.3, -0.25) is 9.10 Å². The van der Waals surface area contributed by atoms with E-state index in [1.165, 1.54) is 10.6 Å². The fourth-order valence-corrected chi connectivity index (χ4v) is 4.45. The van der Waals surface area contributed by atoms with Gasteiger partial charge in [0, 0.05) is 5.56 Å². The average Bonchev–Trinajstić information content (AvgIpc) is 2.75. The molecular formula is C26H30N2O4S. The number of hydrogen-bond donors (Lipinski definition) is 1. The minimum atomic E-state index is -3.50. The summed E-state index contributed by atoms with van der Waals surface area (Å²) in [5, 5.41) is 2.83. The highest BCUT2D eigenvalue weighted by Crippen LogP contribution is 2.22. The normalized spacial score (nSPS) is 11.2. The van der Waals surface area contributed by atoms with Crippen molar-refractivity contribution in [3.05, 3.63) is 94.5 Å². The SMILES string of the molecule is Cc1cc(C)cc(OCCNC(=O)c2ccc(N(Cc3ccccc3C)S(C)(=O)=O)cc2)c1. The van der Waals surface area contributed by atoms with Gasteiger partial charge in [-0.2, -0.15) is 0 Å². The Balaban J connectivity index is 1.61. The van der Waals surface area contributed by atoms with Crippen LogP contribution in [0.2, 0.25) is 0 Å². The maximum Gasteiger partial charge on any atom is 0.251 e. The van der Waals surface area contributed by atoms with Crippen LogP contribution in [-0.4, -0.2) is 33.7 Å². The molecule has 3 rings (SSSR count). The number of aryl methyl sites for hydroxylation is 3. The molecule has 1 amide bonds. The summed E-state index contributed by atoms with van der Waals surface area (Å²) in [5.74, 6) is 0.538. The molecule has 33 heavy (non-hydrogen) atoms. The Hall–Kier alpha value is -3.32. The van der Waals surface area contributed by atoms with Crippen molar-refractivity contribution in [2.45, 2.75) is 27.3 Å². The Bertz CT molecular complexity index is 1200. The van der Waals surface area contributed by atoms with Crippen molar-refractivity contribution in [3.63, 3.8) is 0 Å². The van der Waals surface area contributed by atoms with Crippen LogP contribution in [0.25, 0.3) is 0 Å². The maximum atomic E-state index is 12.5. The van der Waals surface area contributed by atoms with Crippen LogP contribution in [-0.2, 0) is 16.6 Å². The Morgan fingerprint density at radius 3 is 2.18 bits per heavy atom. The number of benzene rings is 3. The predicted octanol–water partition coefficient (Wildman–Crippen LogP) is 4.39. The van der Waals surface area contributed by atoms with Gasteiger partial charge in [0.15, 0.2) is 0 Å². The summed E-state index contributed by atoms with van der Waals surface area (Å²) >= 11 is 0. The second-order valence-corrected chi connectivity index (χ2v) is 10.1. The van der Waals surface area contributed by atoms with Gasteiger partial charge in [-0.1, -0.05) is 30.3 Å². The van der Waals surface area contributed by atoms with Crippen LogP contribution >= 0.6 is 0 Å². The fraction of sp³-hybridized carbons (Fsp3) is 0.269. The van der Waals surface area contributed by atoms with Gasteiger partial charge in [0.25, 0.3) is 5.91 Å². The molecule has 174 valence electrons. The Kier molecular flexibility index (Phi) is 7.76. The van der Waals surface area contributed by atoms with E-state index in [9.17, 15) is 13.2 Å². The van der Waals surface area contributed by atoms with E-state index in [0.29, 0.717) is 24.4 Å². The molecule has 0 aromatic heterocycles. The molecule has 1 N–H and O–H groups in total. The number of anilines is 1. The molecular weight excluding hydrogens is 436 g/mol. The molecule has 7 heteroatoms. The lowest BCUT2D eigenvalue weighted by molar-refractivity contribution is 0.0947. The molecule has 0 heterocycles. The molecule has 0 saturated carbocycles. The van der Waals surface area contributed by atoms with Crippen molar-refractivity contribution in [2.75, 3.05) is 23.7 Å². The van der Waals surface area contributed by atoms with Crippen LogP contribution in [0.4, 0.5) is 5.69 Å². The minimum Gasteiger partial charge on any atom is -0.492 e. The molecule has 0 saturated heterocycles. The third-order valence-corrected chi connectivity index (χ3v) is 6.39. The van der Waals surface area contributed by atoms with Crippen LogP contribution < -0.4 is 14.4 Å². The summed E-state index contributed by atoms with van der Waals surface area (Å²) in [6.07, 6.45) is 1.18. The lowest BCUT2D eigenvalue weighted by Gasteiger charge is -2.23. The summed E-state index contributed by atoms with van der Waals surface area (Å²) in [6.45, 7) is 6.91. The molecule has 0 bridgehead atoms. The van der Waals surface area contributed by atoms with Gasteiger partial charge >= 0.3 is 0 Å². The van der Waals surface area contributed by atoms with E-state index in [0.717, 1.165) is 28.0 Å². The van der Waals surface area contributed by atoms with E-state index in [4.69, 9.17) is 4.74 Å². The maximum absolute atomic E-state index is 12.5. The van der Waals surface area contributed by atoms with Crippen LogP contribution in [0.15, 0.2) is 66.7 Å². The number of nitrogens with zero attached hydrogens (tertiary/aromatic N) is 1. The molecule has 0 fully saturated rings. The Morgan fingerprint density at radius 1 is 0.939 bits per heavy atom. The predicted molar refractivity (Wildman–Crippen MR) is 132 cm³/mol. The average molecular weight is 467 g/mol. The number of carbonyl (C=O) groups excluding carboxylic acids is 1. The van der Waals surface area contributed by atoms with E-state index in [1.54, 1.807) is 24.3 Å². The number of rotatable bonds is 9. The quantitative estimate of drug-likeness (QED) is 0.475. The summed E-state index contributed by atoms with van der Waals surface area (Å²) in [6, 6.07) is 20.2. The number of ether oxygens (including phenoxy) is 1. The molecule has 0 atom stereocenters. The summed E-state index contributed by atoms with van der Waals surface area (Å²) in [5.41, 5.74) is 5.16. The van der Waals surface area contributed by atoms with Crippen molar-refractivity contribution in [2.24, 2.45) is 0 Å². The lowest BCUT2D eigenvalue weighted by atomic mass is 10.1. The smallest absolute Gasteiger partial charge is 0.251 e.